The number of hydrogen-bond donors (Lipinski definition) is 1. The van der Waals surface area contributed by atoms with Gasteiger partial charge in [0.25, 0.3) is 5.91 Å². The predicted octanol–water partition coefficient (Wildman–Crippen LogP) is 3.80. The third kappa shape index (κ3) is 4.82. The minimum atomic E-state index is -3.53. The van der Waals surface area contributed by atoms with Crippen LogP contribution in [-0.4, -0.2) is 33.5 Å². The molecule has 0 unspecified atom stereocenters. The molecule has 0 aliphatic carbocycles. The number of anilines is 1. The summed E-state index contributed by atoms with van der Waals surface area (Å²) >= 11 is 3.47. The number of ether oxygens (including phenoxy) is 1. The van der Waals surface area contributed by atoms with Gasteiger partial charge in [0.15, 0.2) is 6.61 Å². The Balaban J connectivity index is 1.70. The maximum atomic E-state index is 12.8. The molecule has 2 aromatic rings. The van der Waals surface area contributed by atoms with Crippen LogP contribution in [0.15, 0.2) is 45.8 Å². The molecule has 3 rings (SSSR count). The molecule has 0 radical (unpaired) electrons. The van der Waals surface area contributed by atoms with Crippen molar-refractivity contribution in [3.63, 3.8) is 0 Å². The highest BCUT2D eigenvalue weighted by molar-refractivity contribution is 9.10. The third-order valence-electron chi connectivity index (χ3n) is 4.88. The van der Waals surface area contributed by atoms with E-state index in [2.05, 4.69) is 20.7 Å². The summed E-state index contributed by atoms with van der Waals surface area (Å²) in [6.07, 6.45) is 1.52. The third-order valence-corrected chi connectivity index (χ3v) is 6.83. The lowest BCUT2D eigenvalue weighted by Gasteiger charge is -2.23. The van der Waals surface area contributed by atoms with Crippen molar-refractivity contribution in [2.45, 2.75) is 44.6 Å². The molecule has 1 heterocycles. The Kier molecular flexibility index (Phi) is 6.65. The first-order valence-electron chi connectivity index (χ1n) is 9.56. The van der Waals surface area contributed by atoms with Crippen molar-refractivity contribution in [3.05, 3.63) is 52.0 Å². The van der Waals surface area contributed by atoms with Crippen LogP contribution < -0.4 is 14.4 Å². The van der Waals surface area contributed by atoms with Gasteiger partial charge in [0.05, 0.1) is 4.90 Å². The Labute approximate surface area is 180 Å². The molecule has 0 saturated heterocycles. The van der Waals surface area contributed by atoms with Gasteiger partial charge in [0, 0.05) is 22.7 Å². The van der Waals surface area contributed by atoms with Gasteiger partial charge in [0.1, 0.15) is 5.75 Å². The standard InChI is InChI=1S/C21H25BrN2O4S/c1-4-9-23-29(26,27)18-6-8-20(14(2)10-18)28-13-21(25)24-15(3)11-16-12-17(22)5-7-19(16)24/h5-8,10,12,15,23H,4,9,11,13H2,1-3H3/t15-/m1/s1. The van der Waals surface area contributed by atoms with E-state index >= 15 is 0 Å². The largest absolute Gasteiger partial charge is 0.483 e. The number of rotatable bonds is 7. The quantitative estimate of drug-likeness (QED) is 0.653. The summed E-state index contributed by atoms with van der Waals surface area (Å²) in [5, 5.41) is 0. The monoisotopic (exact) mass is 480 g/mol. The summed E-state index contributed by atoms with van der Waals surface area (Å²) in [5.41, 5.74) is 2.70. The SMILES string of the molecule is CCCNS(=O)(=O)c1ccc(OCC(=O)N2c3ccc(Br)cc3C[C@H]2C)c(C)c1. The van der Waals surface area contributed by atoms with Crippen LogP contribution in [-0.2, 0) is 21.2 Å². The lowest BCUT2D eigenvalue weighted by atomic mass is 10.1. The molecular weight excluding hydrogens is 456 g/mol. The Morgan fingerprint density at radius 1 is 1.28 bits per heavy atom. The molecule has 0 fully saturated rings. The van der Waals surface area contributed by atoms with E-state index < -0.39 is 10.0 Å². The van der Waals surface area contributed by atoms with Gasteiger partial charge in [-0.25, -0.2) is 13.1 Å². The number of aryl methyl sites for hydroxylation is 1. The molecule has 0 saturated carbocycles. The second kappa shape index (κ2) is 8.85. The van der Waals surface area contributed by atoms with E-state index in [1.807, 2.05) is 32.0 Å². The summed E-state index contributed by atoms with van der Waals surface area (Å²) in [7, 11) is -3.53. The zero-order valence-corrected chi connectivity index (χ0v) is 19.1. The molecule has 0 bridgehead atoms. The first kappa shape index (κ1) is 21.8. The van der Waals surface area contributed by atoms with Gasteiger partial charge in [-0.3, -0.25) is 4.79 Å². The smallest absolute Gasteiger partial charge is 0.265 e. The molecule has 29 heavy (non-hydrogen) atoms. The van der Waals surface area contributed by atoms with Gasteiger partial charge in [-0.1, -0.05) is 22.9 Å². The van der Waals surface area contributed by atoms with Gasteiger partial charge in [-0.15, -0.1) is 0 Å². The van der Waals surface area contributed by atoms with Crippen molar-refractivity contribution in [3.8, 4) is 5.75 Å². The van der Waals surface area contributed by atoms with E-state index in [0.717, 1.165) is 28.6 Å². The Hall–Kier alpha value is -1.90. The second-order valence-corrected chi connectivity index (χ2v) is 9.89. The Bertz CT molecular complexity index is 1020. The highest BCUT2D eigenvalue weighted by atomic mass is 79.9. The fourth-order valence-corrected chi connectivity index (χ4v) is 5.09. The molecule has 0 aromatic heterocycles. The lowest BCUT2D eigenvalue weighted by Crippen LogP contribution is -2.39. The number of nitrogens with zero attached hydrogens (tertiary/aromatic N) is 1. The van der Waals surface area contributed by atoms with E-state index in [1.54, 1.807) is 24.0 Å². The highest BCUT2D eigenvalue weighted by Gasteiger charge is 2.31. The van der Waals surface area contributed by atoms with Crippen LogP contribution in [0.25, 0.3) is 0 Å². The number of carbonyl (C=O) groups excluding carboxylic acids is 1. The zero-order chi connectivity index (χ0) is 21.2. The number of hydrogen-bond acceptors (Lipinski definition) is 4. The topological polar surface area (TPSA) is 75.7 Å². The van der Waals surface area contributed by atoms with Gasteiger partial charge in [0.2, 0.25) is 10.0 Å². The molecule has 1 aliphatic heterocycles. The fourth-order valence-electron chi connectivity index (χ4n) is 3.46. The first-order valence-corrected chi connectivity index (χ1v) is 11.8. The van der Waals surface area contributed by atoms with Gasteiger partial charge in [-0.05, 0) is 74.2 Å². The van der Waals surface area contributed by atoms with E-state index in [1.165, 1.54) is 6.07 Å². The second-order valence-electron chi connectivity index (χ2n) is 7.20. The molecule has 8 heteroatoms. The van der Waals surface area contributed by atoms with Crippen molar-refractivity contribution in [1.29, 1.82) is 0 Å². The van der Waals surface area contributed by atoms with E-state index in [0.29, 0.717) is 17.9 Å². The average Bonchev–Trinajstić information content (AvgIpc) is 2.99. The van der Waals surface area contributed by atoms with E-state index in [-0.39, 0.29) is 23.5 Å². The highest BCUT2D eigenvalue weighted by Crippen LogP contribution is 2.34. The molecule has 1 atom stereocenters. The van der Waals surface area contributed by atoms with E-state index in [4.69, 9.17) is 4.74 Å². The fraction of sp³-hybridized carbons (Fsp3) is 0.381. The molecule has 6 nitrogen and oxygen atoms in total. The van der Waals surface area contributed by atoms with Crippen LogP contribution in [0.2, 0.25) is 0 Å². The van der Waals surface area contributed by atoms with Crippen LogP contribution in [0.5, 0.6) is 5.75 Å². The summed E-state index contributed by atoms with van der Waals surface area (Å²) < 4.78 is 33.8. The van der Waals surface area contributed by atoms with Crippen molar-refractivity contribution in [2.75, 3.05) is 18.1 Å². The van der Waals surface area contributed by atoms with Crippen LogP contribution in [0, 0.1) is 6.92 Å². The number of halogens is 1. The first-order chi connectivity index (χ1) is 13.7. The minimum Gasteiger partial charge on any atom is -0.483 e. The predicted molar refractivity (Wildman–Crippen MR) is 117 cm³/mol. The van der Waals surface area contributed by atoms with Crippen LogP contribution in [0.1, 0.15) is 31.4 Å². The number of benzene rings is 2. The number of carbonyl (C=O) groups is 1. The molecule has 1 aliphatic rings. The van der Waals surface area contributed by atoms with Gasteiger partial charge in [-0.2, -0.15) is 0 Å². The molecule has 156 valence electrons. The van der Waals surface area contributed by atoms with Crippen LogP contribution >= 0.6 is 15.9 Å². The lowest BCUT2D eigenvalue weighted by molar-refractivity contribution is -0.120. The maximum Gasteiger partial charge on any atom is 0.265 e. The molecule has 1 N–H and O–H groups in total. The van der Waals surface area contributed by atoms with Crippen LogP contribution in [0.4, 0.5) is 5.69 Å². The molecule has 1 amide bonds. The zero-order valence-electron chi connectivity index (χ0n) is 16.7. The van der Waals surface area contributed by atoms with Crippen molar-refractivity contribution >= 4 is 37.5 Å². The maximum absolute atomic E-state index is 12.8. The van der Waals surface area contributed by atoms with Gasteiger partial charge < -0.3 is 9.64 Å². The van der Waals surface area contributed by atoms with E-state index in [9.17, 15) is 13.2 Å². The van der Waals surface area contributed by atoms with Crippen molar-refractivity contribution in [1.82, 2.24) is 4.72 Å². The van der Waals surface area contributed by atoms with Gasteiger partial charge >= 0.3 is 0 Å². The number of sulfonamides is 1. The number of fused-ring (bicyclic) bond motifs is 1. The minimum absolute atomic E-state index is 0.0636. The number of amides is 1. The molecular formula is C21H25BrN2O4S. The number of nitrogens with one attached hydrogen (secondary N) is 1. The Morgan fingerprint density at radius 2 is 2.03 bits per heavy atom. The van der Waals surface area contributed by atoms with Crippen LogP contribution in [0.3, 0.4) is 0 Å². The normalized spacial score (nSPS) is 16.0. The molecule has 2 aromatic carbocycles. The van der Waals surface area contributed by atoms with Crippen molar-refractivity contribution in [2.24, 2.45) is 0 Å². The van der Waals surface area contributed by atoms with Crippen molar-refractivity contribution < 1.29 is 17.9 Å². The molecule has 0 spiro atoms. The summed E-state index contributed by atoms with van der Waals surface area (Å²) in [4.78, 5) is 14.8. The summed E-state index contributed by atoms with van der Waals surface area (Å²) in [6, 6.07) is 10.6. The summed E-state index contributed by atoms with van der Waals surface area (Å²) in [6.45, 7) is 5.96. The summed E-state index contributed by atoms with van der Waals surface area (Å²) in [5.74, 6) is 0.370. The average molecular weight is 481 g/mol. The Morgan fingerprint density at radius 3 is 2.72 bits per heavy atom.